The Labute approximate surface area is 103 Å². The minimum Gasteiger partial charge on any atom is -0.462 e. The van der Waals surface area contributed by atoms with Gasteiger partial charge in [0.2, 0.25) is 0 Å². The number of rotatable bonds is 8. The van der Waals surface area contributed by atoms with Crippen molar-refractivity contribution in [1.82, 2.24) is 5.32 Å². The summed E-state index contributed by atoms with van der Waals surface area (Å²) in [5.74, 6) is 0.0392. The largest absolute Gasteiger partial charge is 0.462 e. The molecule has 0 fully saturated rings. The molecule has 2 unspecified atom stereocenters. The minimum atomic E-state index is -0.850. The van der Waals surface area contributed by atoms with Crippen LogP contribution in [-0.2, 0) is 9.53 Å². The fourth-order valence-electron chi connectivity index (χ4n) is 1.39. The van der Waals surface area contributed by atoms with Crippen LogP contribution in [0.15, 0.2) is 0 Å². The van der Waals surface area contributed by atoms with Crippen molar-refractivity contribution >= 4 is 5.97 Å². The molecule has 0 saturated carbocycles. The molecule has 0 radical (unpaired) electrons. The van der Waals surface area contributed by atoms with Crippen molar-refractivity contribution < 1.29 is 19.7 Å². The van der Waals surface area contributed by atoms with E-state index in [2.05, 4.69) is 5.32 Å². The van der Waals surface area contributed by atoms with E-state index in [1.54, 1.807) is 13.8 Å². The number of carbonyl (C=O) groups excluding carboxylic acids is 1. The predicted molar refractivity (Wildman–Crippen MR) is 65.6 cm³/mol. The van der Waals surface area contributed by atoms with Gasteiger partial charge in [-0.25, -0.2) is 0 Å². The molecule has 0 heterocycles. The van der Waals surface area contributed by atoms with Crippen LogP contribution in [0.1, 0.15) is 34.1 Å². The van der Waals surface area contributed by atoms with Gasteiger partial charge in [0.25, 0.3) is 0 Å². The first kappa shape index (κ1) is 16.4. The molecular formula is C12H25NO4. The lowest BCUT2D eigenvalue weighted by Crippen LogP contribution is -2.44. The number of ether oxygens (including phenoxy) is 1. The van der Waals surface area contributed by atoms with Gasteiger partial charge in [-0.2, -0.15) is 0 Å². The van der Waals surface area contributed by atoms with Crippen molar-refractivity contribution in [2.24, 2.45) is 5.92 Å². The van der Waals surface area contributed by atoms with Crippen LogP contribution in [0.4, 0.5) is 0 Å². The lowest BCUT2D eigenvalue weighted by Gasteiger charge is -2.21. The van der Waals surface area contributed by atoms with Gasteiger partial charge in [0.15, 0.2) is 0 Å². The van der Waals surface area contributed by atoms with Crippen molar-refractivity contribution in [1.29, 1.82) is 0 Å². The molecule has 2 atom stereocenters. The molecule has 0 bridgehead atoms. The second kappa shape index (κ2) is 8.44. The Morgan fingerprint density at radius 3 is 2.29 bits per heavy atom. The van der Waals surface area contributed by atoms with Gasteiger partial charge in [-0.3, -0.25) is 4.79 Å². The molecule has 0 aromatic carbocycles. The zero-order chi connectivity index (χ0) is 13.4. The SMILES string of the molecule is CC(C)CC(NCC(O)CO)C(=O)OC(C)C. The first-order valence-electron chi connectivity index (χ1n) is 6.09. The molecule has 0 aliphatic carbocycles. The van der Waals surface area contributed by atoms with Crippen molar-refractivity contribution in [2.45, 2.75) is 52.4 Å². The summed E-state index contributed by atoms with van der Waals surface area (Å²) in [5.41, 5.74) is 0. The molecule has 0 spiro atoms. The third-order valence-electron chi connectivity index (χ3n) is 2.15. The average Bonchev–Trinajstić information content (AvgIpc) is 2.21. The van der Waals surface area contributed by atoms with Crippen molar-refractivity contribution in [3.8, 4) is 0 Å². The van der Waals surface area contributed by atoms with Gasteiger partial charge in [-0.05, 0) is 26.2 Å². The Morgan fingerprint density at radius 1 is 1.29 bits per heavy atom. The van der Waals surface area contributed by atoms with Crippen LogP contribution in [0, 0.1) is 5.92 Å². The van der Waals surface area contributed by atoms with E-state index >= 15 is 0 Å². The molecule has 102 valence electrons. The Hall–Kier alpha value is -0.650. The highest BCUT2D eigenvalue weighted by Gasteiger charge is 2.22. The first-order valence-corrected chi connectivity index (χ1v) is 6.09. The normalized spacial score (nSPS) is 15.1. The summed E-state index contributed by atoms with van der Waals surface area (Å²) in [6.07, 6.45) is -0.359. The highest BCUT2D eigenvalue weighted by molar-refractivity contribution is 5.75. The molecule has 0 rings (SSSR count). The Kier molecular flexibility index (Phi) is 8.12. The molecule has 3 N–H and O–H groups in total. The van der Waals surface area contributed by atoms with E-state index in [4.69, 9.17) is 9.84 Å². The number of carbonyl (C=O) groups is 1. The minimum absolute atomic E-state index is 0.151. The maximum atomic E-state index is 11.8. The molecule has 0 saturated heterocycles. The van der Waals surface area contributed by atoms with Crippen LogP contribution in [0.25, 0.3) is 0 Å². The van der Waals surface area contributed by atoms with E-state index in [0.717, 1.165) is 0 Å². The zero-order valence-electron chi connectivity index (χ0n) is 11.1. The van der Waals surface area contributed by atoms with Gasteiger partial charge in [-0.15, -0.1) is 0 Å². The molecule has 0 amide bonds. The fraction of sp³-hybridized carbons (Fsp3) is 0.917. The topological polar surface area (TPSA) is 78.8 Å². The third-order valence-corrected chi connectivity index (χ3v) is 2.15. The quantitative estimate of drug-likeness (QED) is 0.538. The van der Waals surface area contributed by atoms with Gasteiger partial charge in [0.05, 0.1) is 18.8 Å². The summed E-state index contributed by atoms with van der Waals surface area (Å²) in [4.78, 5) is 11.8. The van der Waals surface area contributed by atoms with Crippen LogP contribution in [0.3, 0.4) is 0 Å². The molecule has 0 aliphatic rings. The number of hydrogen-bond acceptors (Lipinski definition) is 5. The summed E-state index contributed by atoms with van der Waals surface area (Å²) in [6.45, 7) is 7.49. The summed E-state index contributed by atoms with van der Waals surface area (Å²) in [7, 11) is 0. The summed E-state index contributed by atoms with van der Waals surface area (Å²) in [5, 5.41) is 20.9. The van der Waals surface area contributed by atoms with Crippen molar-refractivity contribution in [2.75, 3.05) is 13.2 Å². The summed E-state index contributed by atoms with van der Waals surface area (Å²) >= 11 is 0. The van der Waals surface area contributed by atoms with E-state index in [9.17, 15) is 9.90 Å². The lowest BCUT2D eigenvalue weighted by atomic mass is 10.0. The predicted octanol–water partition coefficient (Wildman–Crippen LogP) is 0.296. The van der Waals surface area contributed by atoms with Crippen LogP contribution in [0.2, 0.25) is 0 Å². The standard InChI is InChI=1S/C12H25NO4/c1-8(2)5-11(12(16)17-9(3)4)13-6-10(15)7-14/h8-11,13-15H,5-7H2,1-4H3. The maximum absolute atomic E-state index is 11.8. The Morgan fingerprint density at radius 2 is 1.88 bits per heavy atom. The Balaban J connectivity index is 4.26. The van der Waals surface area contributed by atoms with E-state index < -0.39 is 12.1 Å². The molecule has 5 heteroatoms. The number of esters is 1. The summed E-state index contributed by atoms with van der Waals surface area (Å²) in [6, 6.07) is -0.432. The second-order valence-corrected chi connectivity index (χ2v) is 4.91. The van der Waals surface area contributed by atoms with E-state index in [1.165, 1.54) is 0 Å². The zero-order valence-corrected chi connectivity index (χ0v) is 11.1. The number of aliphatic hydroxyl groups excluding tert-OH is 2. The van der Waals surface area contributed by atoms with Crippen LogP contribution in [-0.4, -0.2) is 47.6 Å². The number of aliphatic hydroxyl groups is 2. The van der Waals surface area contributed by atoms with Gasteiger partial charge in [-0.1, -0.05) is 13.8 Å². The van der Waals surface area contributed by atoms with Gasteiger partial charge < -0.3 is 20.3 Å². The van der Waals surface area contributed by atoms with Gasteiger partial charge in [0, 0.05) is 6.54 Å². The highest BCUT2D eigenvalue weighted by Crippen LogP contribution is 2.07. The third kappa shape index (κ3) is 8.12. The molecule has 0 aromatic heterocycles. The Bertz CT molecular complexity index is 219. The van der Waals surface area contributed by atoms with Crippen molar-refractivity contribution in [3.63, 3.8) is 0 Å². The van der Waals surface area contributed by atoms with Gasteiger partial charge in [0.1, 0.15) is 6.04 Å². The number of nitrogens with one attached hydrogen (secondary N) is 1. The first-order chi connectivity index (χ1) is 7.86. The van der Waals surface area contributed by atoms with Crippen LogP contribution < -0.4 is 5.32 Å². The maximum Gasteiger partial charge on any atom is 0.323 e. The number of hydrogen-bond donors (Lipinski definition) is 3. The highest BCUT2D eigenvalue weighted by atomic mass is 16.5. The molecular weight excluding hydrogens is 222 g/mol. The fourth-order valence-corrected chi connectivity index (χ4v) is 1.39. The van der Waals surface area contributed by atoms with E-state index in [0.29, 0.717) is 12.3 Å². The molecule has 0 aromatic rings. The van der Waals surface area contributed by atoms with Crippen LogP contribution in [0.5, 0.6) is 0 Å². The smallest absolute Gasteiger partial charge is 0.323 e. The van der Waals surface area contributed by atoms with Gasteiger partial charge >= 0.3 is 5.97 Å². The molecule has 0 aliphatic heterocycles. The lowest BCUT2D eigenvalue weighted by molar-refractivity contribution is -0.150. The average molecular weight is 247 g/mol. The molecule has 5 nitrogen and oxygen atoms in total. The monoisotopic (exact) mass is 247 g/mol. The summed E-state index contributed by atoms with van der Waals surface area (Å²) < 4.78 is 5.13. The second-order valence-electron chi connectivity index (χ2n) is 4.91. The van der Waals surface area contributed by atoms with Crippen LogP contribution >= 0.6 is 0 Å². The van der Waals surface area contributed by atoms with Crippen molar-refractivity contribution in [3.05, 3.63) is 0 Å². The van der Waals surface area contributed by atoms with E-state index in [-0.39, 0.29) is 25.2 Å². The molecule has 17 heavy (non-hydrogen) atoms. The van der Waals surface area contributed by atoms with E-state index in [1.807, 2.05) is 13.8 Å².